The van der Waals surface area contributed by atoms with Gasteiger partial charge in [0.2, 0.25) is 0 Å². The first-order valence-electron chi connectivity index (χ1n) is 3.57. The van der Waals surface area contributed by atoms with E-state index in [2.05, 4.69) is 11.0 Å². The van der Waals surface area contributed by atoms with Crippen molar-refractivity contribution in [1.29, 1.82) is 0 Å². The maximum Gasteiger partial charge on any atom is 0.0694 e. The quantitative estimate of drug-likeness (QED) is 0.585. The fraction of sp³-hybridized carbons (Fsp3) is 0.111. The molecule has 0 unspecified atom stereocenters. The van der Waals surface area contributed by atoms with Crippen LogP contribution >= 0.6 is 0 Å². The molecule has 2 heteroatoms. The Hall–Kier alpha value is -1.53. The maximum absolute atomic E-state index is 4.03. The van der Waals surface area contributed by atoms with Crippen molar-refractivity contribution in [3.63, 3.8) is 0 Å². The first-order valence-corrected chi connectivity index (χ1v) is 3.57. The minimum atomic E-state index is 0.837. The third-order valence-electron chi connectivity index (χ3n) is 1.59. The SMILES string of the molecule is C1=CCN(c2ccccc2)N=1. The number of rotatable bonds is 1. The molecule has 0 N–H and O–H groups in total. The molecule has 1 heterocycles. The molecule has 0 amide bonds. The minimum Gasteiger partial charge on any atom is -0.253 e. The highest BCUT2D eigenvalue weighted by atomic mass is 15.5. The molecule has 1 aliphatic rings. The average molecular weight is 144 g/mol. The van der Waals surface area contributed by atoms with Crippen LogP contribution in [0.5, 0.6) is 0 Å². The first-order chi connectivity index (χ1) is 5.47. The van der Waals surface area contributed by atoms with Crippen LogP contribution in [-0.2, 0) is 0 Å². The van der Waals surface area contributed by atoms with Gasteiger partial charge in [0.05, 0.1) is 12.2 Å². The van der Waals surface area contributed by atoms with Crippen LogP contribution in [0.1, 0.15) is 0 Å². The Balaban J connectivity index is 2.25. The van der Waals surface area contributed by atoms with Crippen molar-refractivity contribution in [1.82, 2.24) is 0 Å². The van der Waals surface area contributed by atoms with E-state index < -0.39 is 0 Å². The number of para-hydroxylation sites is 1. The van der Waals surface area contributed by atoms with Crippen LogP contribution in [0.2, 0.25) is 0 Å². The molecule has 0 saturated heterocycles. The molecular formula is C9H8N2. The van der Waals surface area contributed by atoms with E-state index in [-0.39, 0.29) is 0 Å². The Labute approximate surface area is 65.5 Å². The summed E-state index contributed by atoms with van der Waals surface area (Å²) in [6.07, 6.45) is 1.91. The second kappa shape index (κ2) is 2.60. The summed E-state index contributed by atoms with van der Waals surface area (Å²) < 4.78 is 0. The van der Waals surface area contributed by atoms with E-state index in [0.29, 0.717) is 0 Å². The largest absolute Gasteiger partial charge is 0.253 e. The van der Waals surface area contributed by atoms with Gasteiger partial charge in [-0.15, -0.1) is 5.10 Å². The van der Waals surface area contributed by atoms with Crippen LogP contribution in [0, 0.1) is 0 Å². The zero-order valence-electron chi connectivity index (χ0n) is 6.07. The monoisotopic (exact) mass is 144 g/mol. The van der Waals surface area contributed by atoms with Crippen molar-refractivity contribution in [2.45, 2.75) is 0 Å². The molecule has 1 aliphatic heterocycles. The van der Waals surface area contributed by atoms with E-state index >= 15 is 0 Å². The Morgan fingerprint density at radius 1 is 1.27 bits per heavy atom. The van der Waals surface area contributed by atoms with Gasteiger partial charge in [-0.1, -0.05) is 18.2 Å². The summed E-state index contributed by atoms with van der Waals surface area (Å²) in [6, 6.07) is 10.1. The van der Waals surface area contributed by atoms with Crippen molar-refractivity contribution < 1.29 is 0 Å². The highest BCUT2D eigenvalue weighted by molar-refractivity contribution is 5.61. The number of anilines is 1. The minimum absolute atomic E-state index is 0.837. The molecule has 54 valence electrons. The lowest BCUT2D eigenvalue weighted by Crippen LogP contribution is -2.11. The molecule has 0 bridgehead atoms. The molecule has 11 heavy (non-hydrogen) atoms. The third kappa shape index (κ3) is 1.16. The van der Waals surface area contributed by atoms with Crippen molar-refractivity contribution in [3.8, 4) is 0 Å². The summed E-state index contributed by atoms with van der Waals surface area (Å²) in [4.78, 5) is 0. The predicted octanol–water partition coefficient (Wildman–Crippen LogP) is 1.65. The summed E-state index contributed by atoms with van der Waals surface area (Å²) in [5.74, 6) is 2.80. The van der Waals surface area contributed by atoms with Crippen LogP contribution < -0.4 is 5.01 Å². The van der Waals surface area contributed by atoms with Crippen molar-refractivity contribution in [2.24, 2.45) is 5.10 Å². The van der Waals surface area contributed by atoms with Gasteiger partial charge < -0.3 is 0 Å². The average Bonchev–Trinajstić information content (AvgIpc) is 2.58. The molecule has 1 aromatic rings. The van der Waals surface area contributed by atoms with Gasteiger partial charge in [0.25, 0.3) is 0 Å². The molecule has 0 atom stereocenters. The van der Waals surface area contributed by atoms with Gasteiger partial charge in [-0.2, -0.15) is 0 Å². The van der Waals surface area contributed by atoms with Gasteiger partial charge in [0.15, 0.2) is 0 Å². The van der Waals surface area contributed by atoms with E-state index in [0.717, 1.165) is 12.2 Å². The van der Waals surface area contributed by atoms with E-state index in [1.807, 2.05) is 41.4 Å². The van der Waals surface area contributed by atoms with E-state index in [4.69, 9.17) is 0 Å². The predicted molar refractivity (Wildman–Crippen MR) is 45.8 cm³/mol. The molecule has 0 aromatic heterocycles. The van der Waals surface area contributed by atoms with Crippen molar-refractivity contribution in [3.05, 3.63) is 36.4 Å². The van der Waals surface area contributed by atoms with Gasteiger partial charge in [-0.05, 0) is 12.1 Å². The lowest BCUT2D eigenvalue weighted by molar-refractivity contribution is 0.975. The smallest absolute Gasteiger partial charge is 0.0694 e. The third-order valence-corrected chi connectivity index (χ3v) is 1.59. The van der Waals surface area contributed by atoms with Crippen LogP contribution in [0.25, 0.3) is 0 Å². The molecule has 0 aliphatic carbocycles. The van der Waals surface area contributed by atoms with Crippen molar-refractivity contribution >= 4 is 11.6 Å². The summed E-state index contributed by atoms with van der Waals surface area (Å²) in [5, 5.41) is 5.94. The Morgan fingerprint density at radius 2 is 2.09 bits per heavy atom. The maximum atomic E-state index is 4.03. The molecule has 0 radical (unpaired) electrons. The van der Waals surface area contributed by atoms with Crippen LogP contribution in [0.15, 0.2) is 41.5 Å². The Kier molecular flexibility index (Phi) is 1.47. The van der Waals surface area contributed by atoms with Crippen LogP contribution in [0.3, 0.4) is 0 Å². The van der Waals surface area contributed by atoms with E-state index in [1.165, 1.54) is 0 Å². The molecule has 2 rings (SSSR count). The van der Waals surface area contributed by atoms with Crippen LogP contribution in [0.4, 0.5) is 5.69 Å². The number of benzene rings is 1. The van der Waals surface area contributed by atoms with Crippen molar-refractivity contribution in [2.75, 3.05) is 11.6 Å². The second-order valence-corrected chi connectivity index (χ2v) is 2.35. The lowest BCUT2D eigenvalue weighted by Gasteiger charge is -2.11. The Morgan fingerprint density at radius 3 is 2.73 bits per heavy atom. The van der Waals surface area contributed by atoms with E-state index in [1.54, 1.807) is 0 Å². The van der Waals surface area contributed by atoms with Gasteiger partial charge in [0, 0.05) is 11.9 Å². The zero-order valence-corrected chi connectivity index (χ0v) is 6.07. The number of nitrogens with zero attached hydrogens (tertiary/aromatic N) is 2. The highest BCUT2D eigenvalue weighted by Gasteiger charge is 2.02. The topological polar surface area (TPSA) is 15.6 Å². The van der Waals surface area contributed by atoms with Gasteiger partial charge in [-0.3, -0.25) is 5.01 Å². The van der Waals surface area contributed by atoms with Crippen LogP contribution in [-0.4, -0.2) is 12.4 Å². The molecule has 2 nitrogen and oxygen atoms in total. The number of hydrogen-bond donors (Lipinski definition) is 0. The Bertz CT molecular complexity index is 297. The zero-order chi connectivity index (χ0) is 7.52. The molecule has 0 fully saturated rings. The second-order valence-electron chi connectivity index (χ2n) is 2.35. The van der Waals surface area contributed by atoms with Gasteiger partial charge in [0.1, 0.15) is 0 Å². The fourth-order valence-electron chi connectivity index (χ4n) is 1.04. The summed E-state index contributed by atoms with van der Waals surface area (Å²) in [6.45, 7) is 0.837. The number of hydrazone groups is 1. The van der Waals surface area contributed by atoms with Gasteiger partial charge >= 0.3 is 0 Å². The summed E-state index contributed by atoms with van der Waals surface area (Å²) >= 11 is 0. The lowest BCUT2D eigenvalue weighted by atomic mass is 10.3. The normalized spacial score (nSPS) is 14.4. The molecule has 0 spiro atoms. The van der Waals surface area contributed by atoms with E-state index in [9.17, 15) is 0 Å². The molecule has 1 aromatic carbocycles. The molecular weight excluding hydrogens is 136 g/mol. The fourth-order valence-corrected chi connectivity index (χ4v) is 1.04. The first kappa shape index (κ1) is 6.20. The molecule has 0 saturated carbocycles. The standard InChI is InChI=1S/C9H8N2/c1-2-5-9(6-3-1)11-8-4-7-10-11/h1-6H,8H2. The van der Waals surface area contributed by atoms with Gasteiger partial charge in [-0.25, -0.2) is 0 Å². The highest BCUT2D eigenvalue weighted by Crippen LogP contribution is 2.13. The summed E-state index contributed by atoms with van der Waals surface area (Å²) in [7, 11) is 0. The summed E-state index contributed by atoms with van der Waals surface area (Å²) in [5.41, 5.74) is 1.12. The number of hydrogen-bond acceptors (Lipinski definition) is 2.